The maximum atomic E-state index is 12.5. The fraction of sp³-hybridized carbons (Fsp3) is 0.231. The van der Waals surface area contributed by atoms with Crippen molar-refractivity contribution in [2.24, 2.45) is 0 Å². The molecule has 1 heterocycles. The van der Waals surface area contributed by atoms with E-state index in [1.807, 2.05) is 0 Å². The number of aliphatic hydroxyl groups excluding tert-OH is 1. The molecule has 5 nitrogen and oxygen atoms in total. The molecule has 1 aromatic carbocycles. The lowest BCUT2D eigenvalue weighted by Gasteiger charge is -2.14. The SMILES string of the molecule is O=C1C=C(Nc2ccc(C(F)(F)F)cc2Cl)C(=O)N1CCO. The lowest BCUT2D eigenvalue weighted by molar-refractivity contribution is -0.138. The van der Waals surface area contributed by atoms with Crippen molar-refractivity contribution in [3.05, 3.63) is 40.6 Å². The molecular formula is C13H10ClF3N2O3. The molecular weight excluding hydrogens is 325 g/mol. The van der Waals surface area contributed by atoms with Crippen LogP contribution >= 0.6 is 11.6 Å². The second-order valence-corrected chi connectivity index (χ2v) is 4.80. The van der Waals surface area contributed by atoms with Crippen molar-refractivity contribution in [2.45, 2.75) is 6.18 Å². The van der Waals surface area contributed by atoms with E-state index in [9.17, 15) is 22.8 Å². The molecule has 0 fully saturated rings. The normalized spacial score (nSPS) is 15.3. The van der Waals surface area contributed by atoms with Gasteiger partial charge < -0.3 is 10.4 Å². The highest BCUT2D eigenvalue weighted by Crippen LogP contribution is 2.34. The van der Waals surface area contributed by atoms with Gasteiger partial charge in [-0.15, -0.1) is 0 Å². The zero-order chi connectivity index (χ0) is 16.5. The summed E-state index contributed by atoms with van der Waals surface area (Å²) in [4.78, 5) is 24.2. The number of hydrogen-bond donors (Lipinski definition) is 2. The molecule has 0 saturated heterocycles. The van der Waals surface area contributed by atoms with Crippen molar-refractivity contribution in [1.82, 2.24) is 4.90 Å². The number of alkyl halides is 3. The van der Waals surface area contributed by atoms with Crippen LogP contribution in [0.25, 0.3) is 0 Å². The zero-order valence-electron chi connectivity index (χ0n) is 10.9. The number of anilines is 1. The fourth-order valence-corrected chi connectivity index (χ4v) is 2.08. The van der Waals surface area contributed by atoms with Crippen LogP contribution in [0.15, 0.2) is 30.0 Å². The van der Waals surface area contributed by atoms with Crippen LogP contribution in [0.4, 0.5) is 18.9 Å². The van der Waals surface area contributed by atoms with E-state index in [1.54, 1.807) is 0 Å². The summed E-state index contributed by atoms with van der Waals surface area (Å²) < 4.78 is 37.6. The van der Waals surface area contributed by atoms with Gasteiger partial charge in [0.15, 0.2) is 0 Å². The molecule has 22 heavy (non-hydrogen) atoms. The summed E-state index contributed by atoms with van der Waals surface area (Å²) in [6.45, 7) is -0.556. The summed E-state index contributed by atoms with van der Waals surface area (Å²) in [5.74, 6) is -1.31. The number of hydrogen-bond acceptors (Lipinski definition) is 4. The van der Waals surface area contributed by atoms with Gasteiger partial charge in [0.1, 0.15) is 5.70 Å². The molecule has 1 aliphatic heterocycles. The third-order valence-corrected chi connectivity index (χ3v) is 3.21. The van der Waals surface area contributed by atoms with Gasteiger partial charge in [0.25, 0.3) is 11.8 Å². The van der Waals surface area contributed by atoms with Crippen molar-refractivity contribution >= 4 is 29.1 Å². The van der Waals surface area contributed by atoms with E-state index in [4.69, 9.17) is 16.7 Å². The third-order valence-electron chi connectivity index (χ3n) is 2.90. The Kier molecular flexibility index (Phi) is 4.43. The van der Waals surface area contributed by atoms with E-state index >= 15 is 0 Å². The molecule has 1 aromatic rings. The summed E-state index contributed by atoms with van der Waals surface area (Å²) in [5, 5.41) is 11.1. The summed E-state index contributed by atoms with van der Waals surface area (Å²) in [5.41, 5.74) is -0.985. The Morgan fingerprint density at radius 3 is 2.50 bits per heavy atom. The smallest absolute Gasteiger partial charge is 0.395 e. The van der Waals surface area contributed by atoms with Crippen LogP contribution in [0.2, 0.25) is 5.02 Å². The number of carbonyl (C=O) groups excluding carboxylic acids is 2. The molecule has 0 saturated carbocycles. The van der Waals surface area contributed by atoms with Gasteiger partial charge >= 0.3 is 6.18 Å². The minimum absolute atomic E-state index is 0.0629. The van der Waals surface area contributed by atoms with Gasteiger partial charge in [-0.25, -0.2) is 0 Å². The second kappa shape index (κ2) is 5.98. The summed E-state index contributed by atoms with van der Waals surface area (Å²) in [6, 6.07) is 2.59. The molecule has 2 N–H and O–H groups in total. The van der Waals surface area contributed by atoms with Crippen LogP contribution < -0.4 is 5.32 Å². The van der Waals surface area contributed by atoms with Gasteiger partial charge in [-0.2, -0.15) is 13.2 Å². The van der Waals surface area contributed by atoms with E-state index in [1.165, 1.54) is 0 Å². The number of β-amino-alcohol motifs (C(OH)–C–C–N with tert-alkyl or cyclic N) is 1. The number of imide groups is 1. The average molecular weight is 335 g/mol. The summed E-state index contributed by atoms with van der Waals surface area (Å²) in [6.07, 6.45) is -3.54. The molecule has 0 radical (unpaired) electrons. The molecule has 0 spiro atoms. The highest BCUT2D eigenvalue weighted by Gasteiger charge is 2.33. The number of amides is 2. The Bertz CT molecular complexity index is 658. The molecule has 9 heteroatoms. The van der Waals surface area contributed by atoms with Crippen molar-refractivity contribution in [2.75, 3.05) is 18.5 Å². The van der Waals surface area contributed by atoms with Gasteiger partial charge in [-0.1, -0.05) is 11.6 Å². The summed E-state index contributed by atoms with van der Waals surface area (Å²) in [7, 11) is 0. The van der Waals surface area contributed by atoms with Crippen LogP contribution in [0.5, 0.6) is 0 Å². The van der Waals surface area contributed by atoms with E-state index in [-0.39, 0.29) is 29.6 Å². The minimum atomic E-state index is -4.53. The van der Waals surface area contributed by atoms with E-state index in [2.05, 4.69) is 5.32 Å². The monoisotopic (exact) mass is 334 g/mol. The van der Waals surface area contributed by atoms with Gasteiger partial charge in [0.05, 0.1) is 29.4 Å². The molecule has 0 bridgehead atoms. The number of carbonyl (C=O) groups is 2. The third kappa shape index (κ3) is 3.23. The molecule has 1 aliphatic rings. The Morgan fingerprint density at radius 2 is 1.95 bits per heavy atom. The first-order chi connectivity index (χ1) is 10.2. The fourth-order valence-electron chi connectivity index (χ4n) is 1.85. The topological polar surface area (TPSA) is 69.6 Å². The highest BCUT2D eigenvalue weighted by molar-refractivity contribution is 6.33. The number of rotatable bonds is 4. The second-order valence-electron chi connectivity index (χ2n) is 4.39. The van der Waals surface area contributed by atoms with Crippen molar-refractivity contribution in [3.63, 3.8) is 0 Å². The summed E-state index contributed by atoms with van der Waals surface area (Å²) >= 11 is 5.76. The van der Waals surface area contributed by atoms with Crippen LogP contribution in [0, 0.1) is 0 Å². The first kappa shape index (κ1) is 16.3. The molecule has 2 rings (SSSR count). The predicted octanol–water partition coefficient (Wildman–Crippen LogP) is 2.02. The molecule has 0 aliphatic carbocycles. The van der Waals surface area contributed by atoms with Crippen LogP contribution in [-0.2, 0) is 15.8 Å². The number of nitrogens with one attached hydrogen (secondary N) is 1. The maximum Gasteiger partial charge on any atom is 0.416 e. The lowest BCUT2D eigenvalue weighted by atomic mass is 10.2. The Balaban J connectivity index is 2.20. The van der Waals surface area contributed by atoms with Gasteiger partial charge in [-0.3, -0.25) is 14.5 Å². The molecule has 0 atom stereocenters. The Labute approximate surface area is 128 Å². The van der Waals surface area contributed by atoms with E-state index in [0.29, 0.717) is 0 Å². The Morgan fingerprint density at radius 1 is 1.27 bits per heavy atom. The molecule has 118 valence electrons. The lowest BCUT2D eigenvalue weighted by Crippen LogP contribution is -2.34. The quantitative estimate of drug-likeness (QED) is 0.827. The molecule has 2 amide bonds. The highest BCUT2D eigenvalue weighted by atomic mass is 35.5. The minimum Gasteiger partial charge on any atom is -0.395 e. The maximum absolute atomic E-state index is 12.5. The first-order valence-corrected chi connectivity index (χ1v) is 6.44. The van der Waals surface area contributed by atoms with Crippen LogP contribution in [-0.4, -0.2) is 35.0 Å². The van der Waals surface area contributed by atoms with Gasteiger partial charge in [-0.05, 0) is 18.2 Å². The number of aliphatic hydroxyl groups is 1. The van der Waals surface area contributed by atoms with Crippen molar-refractivity contribution in [1.29, 1.82) is 0 Å². The van der Waals surface area contributed by atoms with Crippen molar-refractivity contribution in [3.8, 4) is 0 Å². The van der Waals surface area contributed by atoms with Gasteiger partial charge in [0.2, 0.25) is 0 Å². The first-order valence-electron chi connectivity index (χ1n) is 6.06. The van der Waals surface area contributed by atoms with Gasteiger partial charge in [0, 0.05) is 6.08 Å². The van der Waals surface area contributed by atoms with E-state index in [0.717, 1.165) is 29.2 Å². The molecule has 0 unspecified atom stereocenters. The predicted molar refractivity (Wildman–Crippen MR) is 72.0 cm³/mol. The number of benzene rings is 1. The largest absolute Gasteiger partial charge is 0.416 e. The zero-order valence-corrected chi connectivity index (χ0v) is 11.7. The van der Waals surface area contributed by atoms with Crippen LogP contribution in [0.3, 0.4) is 0 Å². The van der Waals surface area contributed by atoms with Crippen LogP contribution in [0.1, 0.15) is 5.56 Å². The van der Waals surface area contributed by atoms with E-state index < -0.39 is 23.6 Å². The standard InChI is InChI=1S/C13H10ClF3N2O3/c14-8-5-7(13(15,16)17)1-2-9(8)18-10-6-11(21)19(3-4-20)12(10)22/h1-2,5-6,18,20H,3-4H2. The number of halogens is 4. The van der Waals surface area contributed by atoms with Crippen molar-refractivity contribution < 1.29 is 27.9 Å². The number of nitrogens with zero attached hydrogens (tertiary/aromatic N) is 1. The molecule has 0 aromatic heterocycles. The average Bonchev–Trinajstić information content (AvgIpc) is 2.68. The Hall–Kier alpha value is -2.06.